The first kappa shape index (κ1) is 33.7. The van der Waals surface area contributed by atoms with Crippen LogP contribution in [0.25, 0.3) is 0 Å². The van der Waals surface area contributed by atoms with Crippen molar-refractivity contribution >= 4 is 18.4 Å². The minimum atomic E-state index is -4.26. The highest BCUT2D eigenvalue weighted by Gasteiger charge is 2.44. The summed E-state index contributed by atoms with van der Waals surface area (Å²) in [5.74, 6) is 0.694. The molecule has 1 N–H and O–H groups in total. The molecule has 0 amide bonds. The summed E-state index contributed by atoms with van der Waals surface area (Å²) in [7, 11) is -4.26. The molecule has 0 spiro atoms. The molecule has 4 rings (SSSR count). The van der Waals surface area contributed by atoms with Crippen molar-refractivity contribution < 1.29 is 28.5 Å². The molecule has 0 atom stereocenters. The van der Waals surface area contributed by atoms with E-state index in [-0.39, 0.29) is 13.4 Å². The van der Waals surface area contributed by atoms with Crippen LogP contribution in [0.5, 0.6) is 5.75 Å². The van der Waals surface area contributed by atoms with E-state index in [4.69, 9.17) is 14.4 Å². The van der Waals surface area contributed by atoms with Crippen LogP contribution in [0.2, 0.25) is 0 Å². The van der Waals surface area contributed by atoms with E-state index in [1.807, 2.05) is 80.6 Å². The van der Waals surface area contributed by atoms with Crippen LogP contribution in [0.3, 0.4) is 0 Å². The Morgan fingerprint density at radius 3 is 1.49 bits per heavy atom. The van der Waals surface area contributed by atoms with Gasteiger partial charge >= 0.3 is 7.37 Å². The van der Waals surface area contributed by atoms with Crippen LogP contribution < -0.4 is 4.74 Å². The molecule has 226 valence electrons. The van der Waals surface area contributed by atoms with Crippen molar-refractivity contribution in [3.8, 4) is 5.75 Å². The van der Waals surface area contributed by atoms with Crippen molar-refractivity contribution in [3.63, 3.8) is 0 Å². The van der Waals surface area contributed by atoms with E-state index in [0.29, 0.717) is 39.1 Å². The maximum atomic E-state index is 13.7. The third kappa shape index (κ3) is 8.39. The summed E-state index contributed by atoms with van der Waals surface area (Å²) in [6.45, 7) is 12.4. The zero-order valence-electron chi connectivity index (χ0n) is 26.1. The number of carbonyl (C=O) groups excluding carboxylic acids is 2. The fourth-order valence-electron chi connectivity index (χ4n) is 5.33. The van der Waals surface area contributed by atoms with Crippen molar-refractivity contribution in [2.45, 2.75) is 54.9 Å². The topological polar surface area (TPSA) is 89.9 Å². The molecule has 6 nitrogen and oxygen atoms in total. The smallest absolute Gasteiger partial charge is 0.340 e. The van der Waals surface area contributed by atoms with Gasteiger partial charge in [-0.3, -0.25) is 14.2 Å². The van der Waals surface area contributed by atoms with Crippen LogP contribution in [0, 0.1) is 41.5 Å². The first-order valence-corrected chi connectivity index (χ1v) is 15.9. The van der Waals surface area contributed by atoms with Crippen molar-refractivity contribution in [1.82, 2.24) is 0 Å². The fourth-order valence-corrected chi connectivity index (χ4v) is 7.41. The highest BCUT2D eigenvalue weighted by atomic mass is 31.2. The summed E-state index contributed by atoms with van der Waals surface area (Å²) in [5.41, 5.74) is 6.51. The highest BCUT2D eigenvalue weighted by Crippen LogP contribution is 2.54. The number of ether oxygens (including phenoxy) is 1. The number of aryl methyl sites for hydroxylation is 6. The Bertz CT molecular complexity index is 1500. The molecule has 0 saturated heterocycles. The molecule has 43 heavy (non-hydrogen) atoms. The average molecular weight is 601 g/mol. The first-order valence-electron chi connectivity index (χ1n) is 14.3. The molecular formula is C36H41O6P. The van der Waals surface area contributed by atoms with Gasteiger partial charge < -0.3 is 14.4 Å². The van der Waals surface area contributed by atoms with Gasteiger partial charge in [0.15, 0.2) is 6.79 Å². The number of hydrogen-bond donors (Lipinski definition) is 1. The number of aliphatic hydroxyl groups is 1. The molecule has 7 heteroatoms. The molecule has 0 saturated carbocycles. The SMILES string of the molecule is CCOP(=O)(C(=O)c1c(C)cc(C)cc1C)C(=O)c1c(C)cc(C)cc1C.OCOc1ccc(Cc2ccccc2)cc1. The summed E-state index contributed by atoms with van der Waals surface area (Å²) < 4.78 is 24.0. The molecule has 0 unspecified atom stereocenters. The van der Waals surface area contributed by atoms with E-state index in [2.05, 4.69) is 12.1 Å². The van der Waals surface area contributed by atoms with Crippen molar-refractivity contribution in [2.75, 3.05) is 13.4 Å². The summed E-state index contributed by atoms with van der Waals surface area (Å²) in [6.07, 6.45) is 0.917. The molecule has 0 aromatic heterocycles. The predicted molar refractivity (Wildman–Crippen MR) is 173 cm³/mol. The van der Waals surface area contributed by atoms with E-state index in [1.165, 1.54) is 11.1 Å². The average Bonchev–Trinajstić information content (AvgIpc) is 2.94. The number of aliphatic hydroxyl groups excluding tert-OH is 1. The summed E-state index contributed by atoms with van der Waals surface area (Å²) in [6, 6.07) is 25.5. The summed E-state index contributed by atoms with van der Waals surface area (Å²) >= 11 is 0. The van der Waals surface area contributed by atoms with Crippen LogP contribution >= 0.6 is 7.37 Å². The number of carbonyl (C=O) groups is 2. The van der Waals surface area contributed by atoms with Crippen LogP contribution in [0.4, 0.5) is 0 Å². The zero-order chi connectivity index (χ0) is 31.7. The molecule has 4 aromatic rings. The van der Waals surface area contributed by atoms with E-state index < -0.39 is 18.4 Å². The van der Waals surface area contributed by atoms with E-state index in [9.17, 15) is 14.2 Å². The number of hydrogen-bond acceptors (Lipinski definition) is 6. The van der Waals surface area contributed by atoms with Crippen molar-refractivity contribution in [3.05, 3.63) is 134 Å². The lowest BCUT2D eigenvalue weighted by molar-refractivity contribution is 0.0982. The van der Waals surface area contributed by atoms with Crippen molar-refractivity contribution in [1.29, 1.82) is 0 Å². The lowest BCUT2D eigenvalue weighted by Crippen LogP contribution is -2.17. The zero-order valence-corrected chi connectivity index (χ0v) is 27.0. The van der Waals surface area contributed by atoms with Crippen LogP contribution in [-0.4, -0.2) is 29.6 Å². The van der Waals surface area contributed by atoms with E-state index in [1.54, 1.807) is 34.6 Å². The molecular weight excluding hydrogens is 559 g/mol. The molecule has 0 radical (unpaired) electrons. The second kappa shape index (κ2) is 15.1. The van der Waals surface area contributed by atoms with Gasteiger partial charge in [0.25, 0.3) is 11.0 Å². The summed E-state index contributed by atoms with van der Waals surface area (Å²) in [5, 5.41) is 8.60. The minimum absolute atomic E-state index is 0.0165. The fraction of sp³-hybridized carbons (Fsp3) is 0.278. The van der Waals surface area contributed by atoms with Crippen LogP contribution in [0.15, 0.2) is 78.9 Å². The molecule has 0 fully saturated rings. The maximum absolute atomic E-state index is 13.7. The molecule has 0 aliphatic heterocycles. The summed E-state index contributed by atoms with van der Waals surface area (Å²) in [4.78, 5) is 26.6. The van der Waals surface area contributed by atoms with Crippen LogP contribution in [0.1, 0.15) is 72.1 Å². The predicted octanol–water partition coefficient (Wildman–Crippen LogP) is 8.44. The van der Waals surface area contributed by atoms with Gasteiger partial charge in [-0.2, -0.15) is 0 Å². The van der Waals surface area contributed by atoms with Gasteiger partial charge in [0.2, 0.25) is 0 Å². The normalized spacial score (nSPS) is 11.0. The Morgan fingerprint density at radius 1 is 0.674 bits per heavy atom. The Balaban J connectivity index is 0.000000268. The minimum Gasteiger partial charge on any atom is -0.468 e. The van der Waals surface area contributed by atoms with Gasteiger partial charge in [-0.1, -0.05) is 77.9 Å². The second-order valence-electron chi connectivity index (χ2n) is 10.7. The van der Waals surface area contributed by atoms with Crippen LogP contribution in [-0.2, 0) is 15.5 Å². The van der Waals surface area contributed by atoms with Gasteiger partial charge in [-0.05, 0) is 100 Å². The Kier molecular flexibility index (Phi) is 11.8. The number of benzene rings is 4. The quantitative estimate of drug-likeness (QED) is 0.145. The third-order valence-electron chi connectivity index (χ3n) is 7.03. The van der Waals surface area contributed by atoms with E-state index in [0.717, 1.165) is 17.5 Å². The monoisotopic (exact) mass is 600 g/mol. The van der Waals surface area contributed by atoms with Crippen molar-refractivity contribution in [2.24, 2.45) is 0 Å². The van der Waals surface area contributed by atoms with Gasteiger partial charge in [0, 0.05) is 11.1 Å². The molecule has 4 aromatic carbocycles. The lowest BCUT2D eigenvalue weighted by atomic mass is 10.0. The first-order chi connectivity index (χ1) is 20.4. The Labute approximate surface area is 255 Å². The molecule has 0 heterocycles. The highest BCUT2D eigenvalue weighted by molar-refractivity contribution is 7.91. The van der Waals surface area contributed by atoms with Gasteiger partial charge in [-0.15, -0.1) is 0 Å². The van der Waals surface area contributed by atoms with Gasteiger partial charge in [0.05, 0.1) is 6.61 Å². The lowest BCUT2D eigenvalue weighted by Gasteiger charge is -2.20. The van der Waals surface area contributed by atoms with Gasteiger partial charge in [-0.25, -0.2) is 0 Å². The molecule has 0 aliphatic rings. The largest absolute Gasteiger partial charge is 0.468 e. The van der Waals surface area contributed by atoms with E-state index >= 15 is 0 Å². The standard InChI is InChI=1S/C22H27O4P.C14H14O2/c1-8-26-27(25,21(23)19-15(4)9-13(2)10-16(19)5)22(24)20-17(6)11-14(3)12-18(20)7;15-11-16-14-8-6-13(7-9-14)10-12-4-2-1-3-5-12/h9-12H,8H2,1-7H3;1-9,15H,10-11H2. The third-order valence-corrected chi connectivity index (χ3v) is 9.17. The Hall–Kier alpha value is -3.83. The molecule has 0 aliphatic carbocycles. The number of rotatable bonds is 10. The molecule has 0 bridgehead atoms. The second-order valence-corrected chi connectivity index (χ2v) is 12.9. The maximum Gasteiger partial charge on any atom is 0.340 e. The Morgan fingerprint density at radius 2 is 1.09 bits per heavy atom. The van der Waals surface area contributed by atoms with Gasteiger partial charge in [0.1, 0.15) is 5.75 Å².